The van der Waals surface area contributed by atoms with E-state index in [4.69, 9.17) is 0 Å². The van der Waals surface area contributed by atoms with E-state index in [9.17, 15) is 23.4 Å². The summed E-state index contributed by atoms with van der Waals surface area (Å²) in [4.78, 5) is 13.6. The van der Waals surface area contributed by atoms with Crippen LogP contribution >= 0.6 is 0 Å². The van der Waals surface area contributed by atoms with Crippen molar-refractivity contribution in [1.29, 1.82) is 0 Å². The third kappa shape index (κ3) is 2.70. The van der Waals surface area contributed by atoms with E-state index in [-0.39, 0.29) is 29.3 Å². The highest BCUT2D eigenvalue weighted by Gasteiger charge is 2.34. The SMILES string of the molecule is CCS(=O)(=O)c1ccccc1C(=O)N1CC(O)C(O)C1. The van der Waals surface area contributed by atoms with Gasteiger partial charge in [0.1, 0.15) is 0 Å². The van der Waals surface area contributed by atoms with Crippen LogP contribution in [-0.2, 0) is 9.84 Å². The number of aliphatic hydroxyl groups is 2. The van der Waals surface area contributed by atoms with Crippen molar-refractivity contribution in [1.82, 2.24) is 4.90 Å². The quantitative estimate of drug-likeness (QED) is 0.796. The summed E-state index contributed by atoms with van der Waals surface area (Å²) >= 11 is 0. The Morgan fingerprint density at radius 1 is 1.25 bits per heavy atom. The van der Waals surface area contributed by atoms with Crippen LogP contribution < -0.4 is 0 Å². The third-order valence-corrected chi connectivity index (χ3v) is 5.17. The smallest absolute Gasteiger partial charge is 0.255 e. The Kier molecular flexibility index (Phi) is 4.12. The lowest BCUT2D eigenvalue weighted by Crippen LogP contribution is -2.31. The highest BCUT2D eigenvalue weighted by molar-refractivity contribution is 7.91. The molecule has 20 heavy (non-hydrogen) atoms. The average Bonchev–Trinajstić information content (AvgIpc) is 2.78. The molecule has 7 heteroatoms. The number of β-amino-alcohol motifs (C(OH)–C–C–N with tert-alkyl or cyclic N) is 2. The predicted octanol–water partition coefficient (Wildman–Crippen LogP) is -0.342. The first-order valence-corrected chi connectivity index (χ1v) is 7.99. The molecule has 0 radical (unpaired) electrons. The van der Waals surface area contributed by atoms with Crippen LogP contribution in [0.4, 0.5) is 0 Å². The summed E-state index contributed by atoms with van der Waals surface area (Å²) in [6.07, 6.45) is -1.98. The predicted molar refractivity (Wildman–Crippen MR) is 72.1 cm³/mol. The van der Waals surface area contributed by atoms with Crippen LogP contribution in [0.15, 0.2) is 29.2 Å². The Morgan fingerprint density at radius 2 is 1.80 bits per heavy atom. The van der Waals surface area contributed by atoms with Gasteiger partial charge >= 0.3 is 0 Å². The molecule has 1 aromatic rings. The zero-order chi connectivity index (χ0) is 14.9. The van der Waals surface area contributed by atoms with Gasteiger partial charge in [0.2, 0.25) is 0 Å². The standard InChI is InChI=1S/C13H17NO5S/c1-2-20(18,19)12-6-4-3-5-9(12)13(17)14-7-10(15)11(16)8-14/h3-6,10-11,15-16H,2,7-8H2,1H3. The second-order valence-electron chi connectivity index (χ2n) is 4.74. The molecule has 0 aromatic heterocycles. The van der Waals surface area contributed by atoms with E-state index in [1.54, 1.807) is 12.1 Å². The molecule has 110 valence electrons. The van der Waals surface area contributed by atoms with Gasteiger partial charge in [-0.1, -0.05) is 19.1 Å². The zero-order valence-corrected chi connectivity index (χ0v) is 11.9. The second kappa shape index (κ2) is 5.51. The summed E-state index contributed by atoms with van der Waals surface area (Å²) in [5.41, 5.74) is 0.0793. The number of amides is 1. The minimum absolute atomic E-state index is 0.000503. The van der Waals surface area contributed by atoms with E-state index < -0.39 is 28.0 Å². The number of hydrogen-bond acceptors (Lipinski definition) is 5. The molecule has 2 atom stereocenters. The van der Waals surface area contributed by atoms with E-state index in [1.165, 1.54) is 24.0 Å². The summed E-state index contributed by atoms with van der Waals surface area (Å²) in [5.74, 6) is -0.587. The molecular formula is C13H17NO5S. The van der Waals surface area contributed by atoms with Crippen molar-refractivity contribution in [3.05, 3.63) is 29.8 Å². The number of hydrogen-bond donors (Lipinski definition) is 2. The number of rotatable bonds is 3. The van der Waals surface area contributed by atoms with Crippen LogP contribution in [0.3, 0.4) is 0 Å². The lowest BCUT2D eigenvalue weighted by molar-refractivity contribution is 0.0572. The number of sulfone groups is 1. The van der Waals surface area contributed by atoms with Crippen LogP contribution in [0.1, 0.15) is 17.3 Å². The van der Waals surface area contributed by atoms with Crippen LogP contribution in [-0.4, -0.2) is 60.5 Å². The van der Waals surface area contributed by atoms with Gasteiger partial charge in [-0.25, -0.2) is 8.42 Å². The summed E-state index contributed by atoms with van der Waals surface area (Å²) in [6.45, 7) is 1.51. The van der Waals surface area contributed by atoms with Crippen LogP contribution in [0, 0.1) is 0 Å². The van der Waals surface area contributed by atoms with E-state index in [1.807, 2.05) is 0 Å². The summed E-state index contributed by atoms with van der Waals surface area (Å²) in [5, 5.41) is 19.0. The Labute approximate surface area is 117 Å². The van der Waals surface area contributed by atoms with Crippen molar-refractivity contribution < 1.29 is 23.4 Å². The molecule has 6 nitrogen and oxygen atoms in total. The normalized spacial score (nSPS) is 23.1. The Morgan fingerprint density at radius 3 is 2.35 bits per heavy atom. The van der Waals surface area contributed by atoms with Gasteiger partial charge in [-0.15, -0.1) is 0 Å². The lowest BCUT2D eigenvalue weighted by Gasteiger charge is -2.17. The minimum atomic E-state index is -3.50. The Hall–Kier alpha value is -1.44. The van der Waals surface area contributed by atoms with Gasteiger partial charge in [0.25, 0.3) is 5.91 Å². The molecule has 1 saturated heterocycles. The van der Waals surface area contributed by atoms with Crippen molar-refractivity contribution >= 4 is 15.7 Å². The molecular weight excluding hydrogens is 282 g/mol. The number of nitrogens with zero attached hydrogens (tertiary/aromatic N) is 1. The largest absolute Gasteiger partial charge is 0.388 e. The van der Waals surface area contributed by atoms with Crippen molar-refractivity contribution in [2.45, 2.75) is 24.0 Å². The topological polar surface area (TPSA) is 94.9 Å². The molecule has 2 N–H and O–H groups in total. The van der Waals surface area contributed by atoms with Crippen LogP contribution in [0.2, 0.25) is 0 Å². The first-order valence-electron chi connectivity index (χ1n) is 6.34. The summed E-state index contributed by atoms with van der Waals surface area (Å²) in [6, 6.07) is 5.99. The van der Waals surface area contributed by atoms with E-state index >= 15 is 0 Å². The molecule has 2 rings (SSSR count). The number of carbonyl (C=O) groups is 1. The van der Waals surface area contributed by atoms with Crippen LogP contribution in [0.5, 0.6) is 0 Å². The van der Waals surface area contributed by atoms with Gasteiger partial charge in [-0.3, -0.25) is 4.79 Å². The highest BCUT2D eigenvalue weighted by Crippen LogP contribution is 2.21. The first-order chi connectivity index (χ1) is 9.36. The van der Waals surface area contributed by atoms with Gasteiger partial charge in [0.15, 0.2) is 9.84 Å². The van der Waals surface area contributed by atoms with Crippen molar-refractivity contribution in [2.75, 3.05) is 18.8 Å². The molecule has 1 aliphatic heterocycles. The van der Waals surface area contributed by atoms with E-state index in [0.29, 0.717) is 0 Å². The number of benzene rings is 1. The molecule has 1 aliphatic rings. The van der Waals surface area contributed by atoms with E-state index in [2.05, 4.69) is 0 Å². The van der Waals surface area contributed by atoms with Gasteiger partial charge < -0.3 is 15.1 Å². The molecule has 1 heterocycles. The number of aliphatic hydroxyl groups excluding tert-OH is 2. The minimum Gasteiger partial charge on any atom is -0.388 e. The summed E-state index contributed by atoms with van der Waals surface area (Å²) in [7, 11) is -3.50. The highest BCUT2D eigenvalue weighted by atomic mass is 32.2. The molecule has 0 aliphatic carbocycles. The average molecular weight is 299 g/mol. The fourth-order valence-electron chi connectivity index (χ4n) is 2.18. The number of carbonyl (C=O) groups excluding carboxylic acids is 1. The van der Waals surface area contributed by atoms with Crippen molar-refractivity contribution in [3.63, 3.8) is 0 Å². The lowest BCUT2D eigenvalue weighted by atomic mass is 10.2. The Bertz CT molecular complexity index is 603. The van der Waals surface area contributed by atoms with Crippen molar-refractivity contribution in [2.24, 2.45) is 0 Å². The van der Waals surface area contributed by atoms with Gasteiger partial charge in [0, 0.05) is 13.1 Å². The molecule has 2 unspecified atom stereocenters. The maximum absolute atomic E-state index is 12.4. The molecule has 1 amide bonds. The molecule has 1 fully saturated rings. The summed E-state index contributed by atoms with van der Waals surface area (Å²) < 4.78 is 24.0. The molecule has 0 spiro atoms. The van der Waals surface area contributed by atoms with Gasteiger partial charge in [-0.2, -0.15) is 0 Å². The van der Waals surface area contributed by atoms with Crippen molar-refractivity contribution in [3.8, 4) is 0 Å². The zero-order valence-electron chi connectivity index (χ0n) is 11.1. The van der Waals surface area contributed by atoms with Gasteiger partial charge in [-0.05, 0) is 12.1 Å². The molecule has 0 saturated carbocycles. The number of likely N-dealkylation sites (tertiary alicyclic amines) is 1. The fourth-order valence-corrected chi connectivity index (χ4v) is 3.26. The first kappa shape index (κ1) is 15.0. The third-order valence-electron chi connectivity index (χ3n) is 3.38. The molecule has 1 aromatic carbocycles. The van der Waals surface area contributed by atoms with E-state index in [0.717, 1.165) is 0 Å². The Balaban J connectivity index is 2.37. The van der Waals surface area contributed by atoms with Crippen LogP contribution in [0.25, 0.3) is 0 Å². The maximum atomic E-state index is 12.4. The fraction of sp³-hybridized carbons (Fsp3) is 0.462. The molecule has 0 bridgehead atoms. The second-order valence-corrected chi connectivity index (χ2v) is 6.99. The maximum Gasteiger partial charge on any atom is 0.255 e. The monoisotopic (exact) mass is 299 g/mol. The van der Waals surface area contributed by atoms with Gasteiger partial charge in [0.05, 0.1) is 28.4 Å².